The molecule has 0 spiro atoms. The second-order valence-electron chi connectivity index (χ2n) is 6.12. The number of anilines is 1. The van der Waals surface area contributed by atoms with Crippen LogP contribution < -0.4 is 4.90 Å². The number of para-hydroxylation sites is 2. The minimum Gasteiger partial charge on any atom is -0.480 e. The predicted molar refractivity (Wildman–Crippen MR) is 90.2 cm³/mol. The first-order valence-corrected chi connectivity index (χ1v) is 7.92. The van der Waals surface area contributed by atoms with Crippen LogP contribution in [0.3, 0.4) is 0 Å². The molecule has 0 bridgehead atoms. The zero-order chi connectivity index (χ0) is 16.8. The van der Waals surface area contributed by atoms with Crippen molar-refractivity contribution in [2.24, 2.45) is 0 Å². The van der Waals surface area contributed by atoms with Gasteiger partial charge >= 0.3 is 5.97 Å². The van der Waals surface area contributed by atoms with E-state index in [-0.39, 0.29) is 0 Å². The number of hydrogen-bond acceptors (Lipinski definition) is 4. The third kappa shape index (κ3) is 1.95. The Morgan fingerprint density at radius 1 is 1.42 bits per heavy atom. The van der Waals surface area contributed by atoms with E-state index in [0.29, 0.717) is 24.2 Å². The molecule has 1 saturated heterocycles. The summed E-state index contributed by atoms with van der Waals surface area (Å²) >= 11 is 0. The molecule has 1 aliphatic heterocycles. The van der Waals surface area contributed by atoms with Crippen LogP contribution in [0.2, 0.25) is 0 Å². The Labute approximate surface area is 138 Å². The largest absolute Gasteiger partial charge is 0.480 e. The van der Waals surface area contributed by atoms with Gasteiger partial charge in [0.2, 0.25) is 0 Å². The minimum atomic E-state index is -0.813. The van der Waals surface area contributed by atoms with Gasteiger partial charge in [0, 0.05) is 6.54 Å². The van der Waals surface area contributed by atoms with Gasteiger partial charge in [-0.1, -0.05) is 12.1 Å². The molecule has 120 valence electrons. The third-order valence-electron chi connectivity index (χ3n) is 4.70. The molecule has 6 nitrogen and oxygen atoms in total. The highest BCUT2D eigenvalue weighted by atomic mass is 16.4. The Hall–Kier alpha value is -3.07. The van der Waals surface area contributed by atoms with E-state index < -0.39 is 12.0 Å². The Bertz CT molecular complexity index is 1020. The van der Waals surface area contributed by atoms with E-state index in [9.17, 15) is 15.2 Å². The van der Waals surface area contributed by atoms with Crippen molar-refractivity contribution in [3.63, 3.8) is 0 Å². The average molecular weight is 320 g/mol. The van der Waals surface area contributed by atoms with Crippen molar-refractivity contribution >= 4 is 28.5 Å². The molecule has 0 amide bonds. The first-order valence-electron chi connectivity index (χ1n) is 7.92. The molecule has 0 unspecified atom stereocenters. The topological polar surface area (TPSA) is 81.6 Å². The molecule has 1 N–H and O–H groups in total. The van der Waals surface area contributed by atoms with Crippen LogP contribution in [0.1, 0.15) is 24.0 Å². The fourth-order valence-electron chi connectivity index (χ4n) is 3.58. The van der Waals surface area contributed by atoms with Gasteiger partial charge in [-0.2, -0.15) is 5.26 Å². The number of benzene rings is 1. The Morgan fingerprint density at radius 3 is 2.96 bits per heavy atom. The fraction of sp³-hybridized carbons (Fsp3) is 0.278. The van der Waals surface area contributed by atoms with Gasteiger partial charge in [0.15, 0.2) is 5.65 Å². The number of carboxylic acid groups (broad SMARTS) is 1. The summed E-state index contributed by atoms with van der Waals surface area (Å²) in [6.07, 6.45) is 1.46. The van der Waals surface area contributed by atoms with E-state index in [1.807, 2.05) is 46.6 Å². The molecule has 1 fully saturated rings. The van der Waals surface area contributed by atoms with Gasteiger partial charge < -0.3 is 10.0 Å². The number of pyridine rings is 1. The maximum atomic E-state index is 11.6. The van der Waals surface area contributed by atoms with E-state index in [2.05, 4.69) is 11.1 Å². The molecule has 0 aliphatic carbocycles. The van der Waals surface area contributed by atoms with Crippen molar-refractivity contribution in [1.82, 2.24) is 9.38 Å². The van der Waals surface area contributed by atoms with Gasteiger partial charge in [0.25, 0.3) is 0 Å². The molecular formula is C18H16N4O2. The molecule has 24 heavy (non-hydrogen) atoms. The summed E-state index contributed by atoms with van der Waals surface area (Å²) < 4.78 is 1.92. The molecule has 1 aliphatic rings. The van der Waals surface area contributed by atoms with Gasteiger partial charge in [0.1, 0.15) is 17.9 Å². The lowest BCUT2D eigenvalue weighted by atomic mass is 10.1. The smallest absolute Gasteiger partial charge is 0.326 e. The van der Waals surface area contributed by atoms with Gasteiger partial charge in [-0.15, -0.1) is 0 Å². The molecular weight excluding hydrogens is 304 g/mol. The Balaban J connectivity index is 2.09. The molecule has 3 heterocycles. The molecule has 0 saturated carbocycles. The van der Waals surface area contributed by atoms with E-state index >= 15 is 0 Å². The van der Waals surface area contributed by atoms with Crippen LogP contribution in [0.25, 0.3) is 16.7 Å². The maximum Gasteiger partial charge on any atom is 0.326 e. The number of rotatable bonds is 2. The van der Waals surface area contributed by atoms with Crippen LogP contribution in [-0.4, -0.2) is 33.0 Å². The number of fused-ring (bicyclic) bond motifs is 3. The van der Waals surface area contributed by atoms with Gasteiger partial charge in [-0.25, -0.2) is 9.78 Å². The number of carbonyl (C=O) groups is 1. The summed E-state index contributed by atoms with van der Waals surface area (Å²) in [4.78, 5) is 18.1. The standard InChI is InChI=1S/C18H16N4O2/c1-11-9-16(21-8-4-7-15(21)18(23)24)22-14-6-3-2-5-13(14)20-17(22)12(11)10-19/h2-3,5-6,9,15H,4,7-8H2,1H3,(H,23,24)/t15-/m0/s1. The summed E-state index contributed by atoms with van der Waals surface area (Å²) in [6, 6.07) is 11.3. The number of imidazole rings is 1. The SMILES string of the molecule is Cc1cc(N2CCC[C@H]2C(=O)O)n2c(nc3ccccc32)c1C#N. The first kappa shape index (κ1) is 14.5. The lowest BCUT2D eigenvalue weighted by molar-refractivity contribution is -0.138. The molecule has 4 rings (SSSR count). The summed E-state index contributed by atoms with van der Waals surface area (Å²) in [5.41, 5.74) is 3.61. The normalized spacial score (nSPS) is 17.5. The molecule has 2 aromatic heterocycles. The van der Waals surface area contributed by atoms with Gasteiger partial charge in [-0.05, 0) is 43.5 Å². The number of carboxylic acids is 1. The summed E-state index contributed by atoms with van der Waals surface area (Å²) in [6.45, 7) is 2.55. The van der Waals surface area contributed by atoms with Crippen LogP contribution in [-0.2, 0) is 4.79 Å². The molecule has 1 aromatic carbocycles. The van der Waals surface area contributed by atoms with Crippen molar-refractivity contribution in [2.75, 3.05) is 11.4 Å². The first-order chi connectivity index (χ1) is 11.6. The van der Waals surface area contributed by atoms with Crippen molar-refractivity contribution in [2.45, 2.75) is 25.8 Å². The van der Waals surface area contributed by atoms with Crippen molar-refractivity contribution < 1.29 is 9.90 Å². The summed E-state index contributed by atoms with van der Waals surface area (Å²) in [5.74, 6) is -0.0211. The zero-order valence-corrected chi connectivity index (χ0v) is 13.2. The van der Waals surface area contributed by atoms with Crippen LogP contribution in [0.4, 0.5) is 5.82 Å². The van der Waals surface area contributed by atoms with E-state index in [1.165, 1.54) is 0 Å². The lowest BCUT2D eigenvalue weighted by Gasteiger charge is -2.25. The minimum absolute atomic E-state index is 0.529. The summed E-state index contributed by atoms with van der Waals surface area (Å²) in [7, 11) is 0. The Morgan fingerprint density at radius 2 is 2.21 bits per heavy atom. The van der Waals surface area contributed by atoms with E-state index in [4.69, 9.17) is 0 Å². The van der Waals surface area contributed by atoms with Crippen LogP contribution in [0.5, 0.6) is 0 Å². The van der Waals surface area contributed by atoms with Crippen LogP contribution >= 0.6 is 0 Å². The highest BCUT2D eigenvalue weighted by Gasteiger charge is 2.33. The quantitative estimate of drug-likeness (QED) is 0.785. The molecule has 3 aromatic rings. The number of aliphatic carboxylic acids is 1. The molecule has 6 heteroatoms. The van der Waals surface area contributed by atoms with Crippen LogP contribution in [0.15, 0.2) is 30.3 Å². The lowest BCUT2D eigenvalue weighted by Crippen LogP contribution is -2.37. The van der Waals surface area contributed by atoms with E-state index in [1.54, 1.807) is 0 Å². The predicted octanol–water partition coefficient (Wildman–Crippen LogP) is 2.72. The highest BCUT2D eigenvalue weighted by molar-refractivity contribution is 5.86. The van der Waals surface area contributed by atoms with Crippen LogP contribution in [0, 0.1) is 18.3 Å². The fourth-order valence-corrected chi connectivity index (χ4v) is 3.58. The molecule has 0 radical (unpaired) electrons. The van der Waals surface area contributed by atoms with E-state index in [0.717, 1.165) is 28.8 Å². The number of nitrogens with zero attached hydrogens (tertiary/aromatic N) is 4. The second-order valence-corrected chi connectivity index (χ2v) is 6.12. The Kier molecular flexibility index (Phi) is 3.17. The average Bonchev–Trinajstić information content (AvgIpc) is 3.19. The summed E-state index contributed by atoms with van der Waals surface area (Å²) in [5, 5.41) is 19.1. The number of aryl methyl sites for hydroxylation is 1. The number of aromatic nitrogens is 2. The number of hydrogen-bond donors (Lipinski definition) is 1. The van der Waals surface area contributed by atoms with Gasteiger partial charge in [-0.3, -0.25) is 4.40 Å². The third-order valence-corrected chi connectivity index (χ3v) is 4.70. The number of nitriles is 1. The monoisotopic (exact) mass is 320 g/mol. The van der Waals surface area contributed by atoms with Crippen molar-refractivity contribution in [3.8, 4) is 6.07 Å². The maximum absolute atomic E-state index is 11.6. The zero-order valence-electron chi connectivity index (χ0n) is 13.2. The molecule has 1 atom stereocenters. The second kappa shape index (κ2) is 5.24. The highest BCUT2D eigenvalue weighted by Crippen LogP contribution is 2.32. The van der Waals surface area contributed by atoms with Crippen molar-refractivity contribution in [3.05, 3.63) is 41.5 Å². The van der Waals surface area contributed by atoms with Crippen molar-refractivity contribution in [1.29, 1.82) is 5.26 Å². The van der Waals surface area contributed by atoms with Gasteiger partial charge in [0.05, 0.1) is 16.6 Å².